The van der Waals surface area contributed by atoms with Crippen molar-refractivity contribution in [1.82, 2.24) is 20.1 Å². The number of rotatable bonds is 8. The molecule has 0 aliphatic rings. The molecular formula is C24H21ClF2N4O4. The van der Waals surface area contributed by atoms with Gasteiger partial charge in [0, 0.05) is 23.2 Å². The molecule has 1 unspecified atom stereocenters. The zero-order valence-corrected chi connectivity index (χ0v) is 19.3. The van der Waals surface area contributed by atoms with Crippen molar-refractivity contribution < 1.29 is 28.5 Å². The normalized spacial score (nSPS) is 12.1. The molecule has 0 saturated heterocycles. The van der Waals surface area contributed by atoms with E-state index in [-0.39, 0.29) is 18.2 Å². The number of pyridine rings is 1. The Bertz CT molecular complexity index is 1400. The highest BCUT2D eigenvalue weighted by Crippen LogP contribution is 2.31. The molecule has 0 aliphatic carbocycles. The highest BCUT2D eigenvalue weighted by Gasteiger charge is 2.17. The summed E-state index contributed by atoms with van der Waals surface area (Å²) < 4.78 is 35.0. The van der Waals surface area contributed by atoms with Gasteiger partial charge in [0.1, 0.15) is 23.7 Å². The quantitative estimate of drug-likeness (QED) is 0.341. The van der Waals surface area contributed by atoms with E-state index in [9.17, 15) is 18.7 Å². The number of aliphatic hydroxyl groups excluding tert-OH is 2. The van der Waals surface area contributed by atoms with Gasteiger partial charge in [0.05, 0.1) is 29.7 Å². The highest BCUT2D eigenvalue weighted by atomic mass is 35.5. The van der Waals surface area contributed by atoms with Crippen LogP contribution in [0.5, 0.6) is 5.75 Å². The predicted molar refractivity (Wildman–Crippen MR) is 124 cm³/mol. The molecule has 2 aromatic carbocycles. The molecule has 35 heavy (non-hydrogen) atoms. The van der Waals surface area contributed by atoms with Crippen molar-refractivity contribution in [3.05, 3.63) is 82.3 Å². The number of carbonyl (C=O) groups excluding carboxylic acids is 1. The number of aryl methyl sites for hydroxylation is 1. The number of hydrogen-bond acceptors (Lipinski definition) is 6. The molecule has 4 aromatic rings. The highest BCUT2D eigenvalue weighted by molar-refractivity contribution is 6.31. The van der Waals surface area contributed by atoms with Crippen molar-refractivity contribution in [1.29, 1.82) is 0 Å². The van der Waals surface area contributed by atoms with Gasteiger partial charge in [-0.25, -0.2) is 18.4 Å². The van der Waals surface area contributed by atoms with Gasteiger partial charge in [-0.15, -0.1) is 0 Å². The third-order valence-corrected chi connectivity index (χ3v) is 5.60. The molecule has 0 saturated carbocycles. The van der Waals surface area contributed by atoms with E-state index in [0.717, 1.165) is 12.3 Å². The molecule has 2 aromatic heterocycles. The van der Waals surface area contributed by atoms with Crippen molar-refractivity contribution in [2.24, 2.45) is 0 Å². The second-order valence-corrected chi connectivity index (χ2v) is 8.18. The van der Waals surface area contributed by atoms with Crippen LogP contribution in [-0.2, 0) is 17.9 Å². The van der Waals surface area contributed by atoms with Gasteiger partial charge >= 0.3 is 0 Å². The number of ether oxygens (including phenoxy) is 1. The number of nitrogens with zero attached hydrogens (tertiary/aromatic N) is 3. The number of amides is 1. The van der Waals surface area contributed by atoms with E-state index in [1.807, 2.05) is 6.07 Å². The lowest BCUT2D eigenvalue weighted by atomic mass is 10.1. The van der Waals surface area contributed by atoms with E-state index >= 15 is 0 Å². The molecular weight excluding hydrogens is 482 g/mol. The minimum atomic E-state index is -1.60. The summed E-state index contributed by atoms with van der Waals surface area (Å²) in [6.07, 6.45) is 0.772. The fraction of sp³-hybridized carbons (Fsp3) is 0.208. The molecule has 0 bridgehead atoms. The summed E-state index contributed by atoms with van der Waals surface area (Å²) in [4.78, 5) is 16.4. The summed E-state index contributed by atoms with van der Waals surface area (Å²) in [5.74, 6) is -1.48. The van der Waals surface area contributed by atoms with Gasteiger partial charge in [-0.3, -0.25) is 4.79 Å². The fourth-order valence-corrected chi connectivity index (χ4v) is 3.86. The largest absolute Gasteiger partial charge is 0.487 e. The first-order valence-corrected chi connectivity index (χ1v) is 10.9. The molecule has 2 heterocycles. The maximum Gasteiger partial charge on any atom is 0.251 e. The van der Waals surface area contributed by atoms with E-state index in [1.54, 1.807) is 25.1 Å². The Kier molecular flexibility index (Phi) is 7.25. The van der Waals surface area contributed by atoms with Crippen LogP contribution in [0.2, 0.25) is 5.02 Å². The second kappa shape index (κ2) is 10.3. The zero-order chi connectivity index (χ0) is 25.1. The first kappa shape index (κ1) is 24.5. The predicted octanol–water partition coefficient (Wildman–Crippen LogP) is 3.21. The van der Waals surface area contributed by atoms with Gasteiger partial charge in [-0.05, 0) is 36.8 Å². The minimum Gasteiger partial charge on any atom is -0.487 e. The Hall–Kier alpha value is -3.60. The number of hydrogen-bond donors (Lipinski definition) is 3. The molecule has 182 valence electrons. The maximum atomic E-state index is 14.0. The van der Waals surface area contributed by atoms with Gasteiger partial charge in [0.25, 0.3) is 5.91 Å². The van der Waals surface area contributed by atoms with E-state index in [2.05, 4.69) is 15.4 Å². The summed E-state index contributed by atoms with van der Waals surface area (Å²) in [6, 6.07) is 9.37. The third-order valence-electron chi connectivity index (χ3n) is 5.26. The van der Waals surface area contributed by atoms with Crippen LogP contribution in [0.1, 0.15) is 16.8 Å². The standard InChI is InChI=1S/C24H21ClF2N4O4/c1-13-5-20(31-10-16(27)9-29-31)17-3-2-4-22(23(17)30-13)35-12-18-14(6-15(26)7-19(18)25)8-28-24(34)21(33)11-32/h2-7,9-10,21,32-33H,8,11-12H2,1H3,(H,28,34). The summed E-state index contributed by atoms with van der Waals surface area (Å²) >= 11 is 6.27. The average molecular weight is 503 g/mol. The number of aliphatic hydroxyl groups is 2. The molecule has 1 atom stereocenters. The van der Waals surface area contributed by atoms with Gasteiger partial charge in [0.2, 0.25) is 0 Å². The molecule has 0 radical (unpaired) electrons. The summed E-state index contributed by atoms with van der Waals surface area (Å²) in [6.45, 7) is 0.825. The third kappa shape index (κ3) is 5.40. The molecule has 0 spiro atoms. The molecule has 3 N–H and O–H groups in total. The van der Waals surface area contributed by atoms with Crippen molar-refractivity contribution in [3.63, 3.8) is 0 Å². The molecule has 4 rings (SSSR count). The van der Waals surface area contributed by atoms with Crippen LogP contribution in [0.4, 0.5) is 8.78 Å². The lowest BCUT2D eigenvalue weighted by molar-refractivity contribution is -0.131. The lowest BCUT2D eigenvalue weighted by Gasteiger charge is -2.16. The first-order valence-electron chi connectivity index (χ1n) is 10.5. The van der Waals surface area contributed by atoms with Gasteiger partial charge in [0.15, 0.2) is 11.9 Å². The first-order chi connectivity index (χ1) is 16.8. The van der Waals surface area contributed by atoms with Crippen LogP contribution in [0.25, 0.3) is 16.6 Å². The van der Waals surface area contributed by atoms with Crippen LogP contribution in [0.3, 0.4) is 0 Å². The molecule has 1 amide bonds. The van der Waals surface area contributed by atoms with Crippen molar-refractivity contribution >= 4 is 28.4 Å². The van der Waals surface area contributed by atoms with Crippen molar-refractivity contribution in [2.45, 2.75) is 26.2 Å². The number of benzene rings is 2. The van der Waals surface area contributed by atoms with Gasteiger partial charge in [-0.1, -0.05) is 23.7 Å². The van der Waals surface area contributed by atoms with Crippen LogP contribution in [0.15, 0.2) is 48.8 Å². The molecule has 11 heteroatoms. The Morgan fingerprint density at radius 1 is 1.26 bits per heavy atom. The van der Waals surface area contributed by atoms with E-state index in [0.29, 0.717) is 39.2 Å². The van der Waals surface area contributed by atoms with E-state index < -0.39 is 30.3 Å². The van der Waals surface area contributed by atoms with E-state index in [1.165, 1.54) is 16.9 Å². The summed E-state index contributed by atoms with van der Waals surface area (Å²) in [5.41, 5.74) is 2.55. The molecule has 0 fully saturated rings. The number of carbonyl (C=O) groups is 1. The fourth-order valence-electron chi connectivity index (χ4n) is 3.58. The maximum absolute atomic E-state index is 14.0. The Morgan fingerprint density at radius 3 is 2.77 bits per heavy atom. The Balaban J connectivity index is 1.65. The minimum absolute atomic E-state index is 0.0761. The second-order valence-electron chi connectivity index (χ2n) is 7.77. The monoisotopic (exact) mass is 502 g/mol. The van der Waals surface area contributed by atoms with Gasteiger partial charge in [-0.2, -0.15) is 5.10 Å². The van der Waals surface area contributed by atoms with Crippen LogP contribution in [-0.4, -0.2) is 43.6 Å². The SMILES string of the molecule is Cc1cc(-n2cc(F)cn2)c2cccc(OCc3c(Cl)cc(F)cc3CNC(=O)C(O)CO)c2n1. The Morgan fingerprint density at radius 2 is 2.06 bits per heavy atom. The zero-order valence-electron chi connectivity index (χ0n) is 18.5. The van der Waals surface area contributed by atoms with Gasteiger partial charge < -0.3 is 20.3 Å². The molecule has 8 nitrogen and oxygen atoms in total. The number of fused-ring (bicyclic) bond motifs is 1. The average Bonchev–Trinajstić information content (AvgIpc) is 3.26. The topological polar surface area (TPSA) is 110 Å². The molecule has 0 aliphatic heterocycles. The Labute approximate surface area is 203 Å². The van der Waals surface area contributed by atoms with Crippen LogP contribution < -0.4 is 10.1 Å². The number of aromatic nitrogens is 3. The van der Waals surface area contributed by atoms with Crippen molar-refractivity contribution in [3.8, 4) is 11.4 Å². The number of nitrogens with one attached hydrogen (secondary N) is 1. The van der Waals surface area contributed by atoms with Crippen molar-refractivity contribution in [2.75, 3.05) is 6.61 Å². The smallest absolute Gasteiger partial charge is 0.251 e. The number of halogens is 3. The van der Waals surface area contributed by atoms with Crippen LogP contribution in [0, 0.1) is 18.6 Å². The summed E-state index contributed by atoms with van der Waals surface area (Å²) in [5, 5.41) is 25.6. The van der Waals surface area contributed by atoms with E-state index in [4.69, 9.17) is 21.4 Å². The summed E-state index contributed by atoms with van der Waals surface area (Å²) in [7, 11) is 0. The van der Waals surface area contributed by atoms with Crippen LogP contribution >= 0.6 is 11.6 Å². The lowest BCUT2D eigenvalue weighted by Crippen LogP contribution is -2.36. The number of para-hydroxylation sites is 1.